The highest BCUT2D eigenvalue weighted by molar-refractivity contribution is 5.79. The van der Waals surface area contributed by atoms with Gasteiger partial charge < -0.3 is 14.7 Å². The van der Waals surface area contributed by atoms with Crippen LogP contribution in [0.4, 0.5) is 0 Å². The Balaban J connectivity index is 2.65. The molecule has 1 saturated heterocycles. The quantitative estimate of drug-likeness (QED) is 0.835. The van der Waals surface area contributed by atoms with Crippen LogP contribution >= 0.6 is 0 Å². The fourth-order valence-corrected chi connectivity index (χ4v) is 2.68. The maximum atomic E-state index is 12.5. The first kappa shape index (κ1) is 15.4. The lowest BCUT2D eigenvalue weighted by Gasteiger charge is -2.36. The average Bonchev–Trinajstić information content (AvgIpc) is 2.22. The topological polar surface area (TPSA) is 49.8 Å². The van der Waals surface area contributed by atoms with E-state index in [1.807, 2.05) is 20.8 Å². The van der Waals surface area contributed by atoms with Gasteiger partial charge in [0.05, 0.1) is 17.8 Å². The molecule has 1 rings (SSSR count). The van der Waals surface area contributed by atoms with E-state index >= 15 is 0 Å². The van der Waals surface area contributed by atoms with Crippen molar-refractivity contribution in [1.82, 2.24) is 4.90 Å². The van der Waals surface area contributed by atoms with E-state index in [1.165, 1.54) is 0 Å². The molecule has 0 aromatic heterocycles. The van der Waals surface area contributed by atoms with E-state index in [4.69, 9.17) is 4.74 Å². The lowest BCUT2D eigenvalue weighted by molar-refractivity contribution is -0.146. The van der Waals surface area contributed by atoms with Crippen molar-refractivity contribution in [3.63, 3.8) is 0 Å². The fraction of sp³-hybridized carbons (Fsp3) is 0.929. The largest absolute Gasteiger partial charge is 0.389 e. The maximum absolute atomic E-state index is 12.5. The molecule has 1 fully saturated rings. The molecule has 1 amide bonds. The van der Waals surface area contributed by atoms with Crippen LogP contribution in [-0.4, -0.2) is 46.8 Å². The highest BCUT2D eigenvalue weighted by Crippen LogP contribution is 2.26. The van der Waals surface area contributed by atoms with Crippen LogP contribution in [0.15, 0.2) is 0 Å². The number of likely N-dealkylation sites (N-methyl/N-ethyl adjacent to an activating group) is 1. The zero-order chi connectivity index (χ0) is 13.9. The molecule has 0 aliphatic carbocycles. The molecule has 2 unspecified atom stereocenters. The molecular formula is C14H27NO3. The molecule has 0 bridgehead atoms. The number of carbonyl (C=O) groups excluding carboxylic acids is 1. The van der Waals surface area contributed by atoms with Gasteiger partial charge in [0, 0.05) is 19.0 Å². The van der Waals surface area contributed by atoms with Crippen LogP contribution in [0.5, 0.6) is 0 Å². The van der Waals surface area contributed by atoms with Crippen molar-refractivity contribution in [2.45, 2.75) is 65.3 Å². The van der Waals surface area contributed by atoms with E-state index in [2.05, 4.69) is 0 Å². The predicted octanol–water partition coefficient (Wildman–Crippen LogP) is 1.81. The van der Waals surface area contributed by atoms with Gasteiger partial charge in [0.1, 0.15) is 0 Å². The lowest BCUT2D eigenvalue weighted by atomic mass is 9.91. The molecule has 0 aromatic carbocycles. The molecule has 0 saturated carbocycles. The number of hydrogen-bond acceptors (Lipinski definition) is 3. The molecule has 1 N–H and O–H groups in total. The fourth-order valence-electron chi connectivity index (χ4n) is 2.68. The standard InChI is InChI=1S/C14H27NO3/c1-6-15(9-14(4,5)17)13(16)12-7-10(2)18-11(3)8-12/h10-12,17H,6-9H2,1-5H3. The van der Waals surface area contributed by atoms with Crippen molar-refractivity contribution < 1.29 is 14.6 Å². The van der Waals surface area contributed by atoms with Crippen molar-refractivity contribution in [2.24, 2.45) is 5.92 Å². The van der Waals surface area contributed by atoms with Gasteiger partial charge in [0.2, 0.25) is 5.91 Å². The minimum atomic E-state index is -0.839. The van der Waals surface area contributed by atoms with Crippen LogP contribution in [0.25, 0.3) is 0 Å². The van der Waals surface area contributed by atoms with Crippen LogP contribution in [0, 0.1) is 5.92 Å². The Hall–Kier alpha value is -0.610. The SMILES string of the molecule is CCN(CC(C)(C)O)C(=O)C1CC(C)OC(C)C1. The van der Waals surface area contributed by atoms with E-state index in [1.54, 1.807) is 18.7 Å². The number of rotatable bonds is 4. The zero-order valence-electron chi connectivity index (χ0n) is 12.3. The average molecular weight is 257 g/mol. The van der Waals surface area contributed by atoms with Gasteiger partial charge in [0.15, 0.2) is 0 Å². The van der Waals surface area contributed by atoms with Crippen LogP contribution < -0.4 is 0 Å². The molecule has 4 heteroatoms. The van der Waals surface area contributed by atoms with Gasteiger partial charge in [-0.05, 0) is 47.5 Å². The van der Waals surface area contributed by atoms with E-state index in [0.29, 0.717) is 13.1 Å². The second-order valence-corrected chi connectivity index (χ2v) is 6.09. The maximum Gasteiger partial charge on any atom is 0.225 e. The van der Waals surface area contributed by atoms with Gasteiger partial charge in [0.25, 0.3) is 0 Å². The smallest absolute Gasteiger partial charge is 0.225 e. The number of amides is 1. The third-order valence-corrected chi connectivity index (χ3v) is 3.32. The van der Waals surface area contributed by atoms with E-state index in [0.717, 1.165) is 12.8 Å². The number of nitrogens with zero attached hydrogens (tertiary/aromatic N) is 1. The van der Waals surface area contributed by atoms with Gasteiger partial charge >= 0.3 is 0 Å². The summed E-state index contributed by atoms with van der Waals surface area (Å²) >= 11 is 0. The number of hydrogen-bond donors (Lipinski definition) is 1. The summed E-state index contributed by atoms with van der Waals surface area (Å²) in [5, 5.41) is 9.85. The summed E-state index contributed by atoms with van der Waals surface area (Å²) in [4.78, 5) is 14.2. The van der Waals surface area contributed by atoms with E-state index < -0.39 is 5.60 Å². The molecular weight excluding hydrogens is 230 g/mol. The third-order valence-electron chi connectivity index (χ3n) is 3.32. The summed E-state index contributed by atoms with van der Waals surface area (Å²) in [6, 6.07) is 0. The number of ether oxygens (including phenoxy) is 1. The Labute approximate surface area is 110 Å². The molecule has 2 atom stereocenters. The third kappa shape index (κ3) is 4.58. The van der Waals surface area contributed by atoms with Crippen molar-refractivity contribution in [3.8, 4) is 0 Å². The van der Waals surface area contributed by atoms with Gasteiger partial charge in [-0.1, -0.05) is 0 Å². The normalized spacial score (nSPS) is 29.1. The van der Waals surface area contributed by atoms with Crippen LogP contribution in [0.2, 0.25) is 0 Å². The highest BCUT2D eigenvalue weighted by atomic mass is 16.5. The predicted molar refractivity (Wildman–Crippen MR) is 71.3 cm³/mol. The Morgan fingerprint density at radius 2 is 1.83 bits per heavy atom. The van der Waals surface area contributed by atoms with Gasteiger partial charge in [-0.15, -0.1) is 0 Å². The van der Waals surface area contributed by atoms with Crippen molar-refractivity contribution in [1.29, 1.82) is 0 Å². The summed E-state index contributed by atoms with van der Waals surface area (Å²) in [6.07, 6.45) is 1.85. The van der Waals surface area contributed by atoms with Crippen molar-refractivity contribution >= 4 is 5.91 Å². The minimum absolute atomic E-state index is 0.0334. The van der Waals surface area contributed by atoms with Crippen LogP contribution in [0.1, 0.15) is 47.5 Å². The van der Waals surface area contributed by atoms with E-state index in [-0.39, 0.29) is 24.0 Å². The summed E-state index contributed by atoms with van der Waals surface area (Å²) in [7, 11) is 0. The van der Waals surface area contributed by atoms with Crippen LogP contribution in [0.3, 0.4) is 0 Å². The molecule has 0 spiro atoms. The minimum Gasteiger partial charge on any atom is -0.389 e. The monoisotopic (exact) mass is 257 g/mol. The number of aliphatic hydroxyl groups is 1. The molecule has 106 valence electrons. The highest BCUT2D eigenvalue weighted by Gasteiger charge is 2.33. The summed E-state index contributed by atoms with van der Waals surface area (Å²) in [5.74, 6) is 0.188. The van der Waals surface area contributed by atoms with Crippen molar-refractivity contribution in [3.05, 3.63) is 0 Å². The second kappa shape index (κ2) is 6.02. The molecule has 4 nitrogen and oxygen atoms in total. The van der Waals surface area contributed by atoms with Crippen LogP contribution in [-0.2, 0) is 9.53 Å². The second-order valence-electron chi connectivity index (χ2n) is 6.09. The van der Waals surface area contributed by atoms with E-state index in [9.17, 15) is 9.90 Å². The first-order valence-electron chi connectivity index (χ1n) is 6.89. The number of carbonyl (C=O) groups is 1. The summed E-state index contributed by atoms with van der Waals surface area (Å²) < 4.78 is 5.66. The molecule has 18 heavy (non-hydrogen) atoms. The Morgan fingerprint density at radius 1 is 1.33 bits per heavy atom. The first-order valence-corrected chi connectivity index (χ1v) is 6.89. The molecule has 0 radical (unpaired) electrons. The van der Waals surface area contributed by atoms with Crippen molar-refractivity contribution in [2.75, 3.05) is 13.1 Å². The molecule has 1 aliphatic rings. The van der Waals surface area contributed by atoms with Gasteiger partial charge in [-0.3, -0.25) is 4.79 Å². The zero-order valence-corrected chi connectivity index (χ0v) is 12.3. The lowest BCUT2D eigenvalue weighted by Crippen LogP contribution is -2.47. The van der Waals surface area contributed by atoms with Gasteiger partial charge in [-0.2, -0.15) is 0 Å². The Morgan fingerprint density at radius 3 is 2.22 bits per heavy atom. The van der Waals surface area contributed by atoms with Gasteiger partial charge in [-0.25, -0.2) is 0 Å². The Kier molecular flexibility index (Phi) is 5.17. The molecule has 0 aromatic rings. The Bertz CT molecular complexity index is 271. The molecule has 1 aliphatic heterocycles. The first-order chi connectivity index (χ1) is 8.23. The summed E-state index contributed by atoms with van der Waals surface area (Å²) in [6.45, 7) is 10.5. The molecule has 1 heterocycles. The summed E-state index contributed by atoms with van der Waals surface area (Å²) in [5.41, 5.74) is -0.839.